The average Bonchev–Trinajstić information content (AvgIpc) is 2.48. The highest BCUT2D eigenvalue weighted by Gasteiger charge is 2.31. The molecule has 1 aromatic rings. The topological polar surface area (TPSA) is 35.5 Å². The molecule has 0 saturated heterocycles. The van der Waals surface area contributed by atoms with Gasteiger partial charge in [-0.2, -0.15) is 0 Å². The lowest BCUT2D eigenvalue weighted by molar-refractivity contribution is -0.149. The Morgan fingerprint density at radius 3 is 2.14 bits per heavy atom. The predicted octanol–water partition coefficient (Wildman–Crippen LogP) is 4.49. The van der Waals surface area contributed by atoms with Crippen molar-refractivity contribution in [1.82, 2.24) is 0 Å². The van der Waals surface area contributed by atoms with Crippen molar-refractivity contribution in [2.45, 2.75) is 58.8 Å². The Balaban J connectivity index is 2.63. The van der Waals surface area contributed by atoms with Gasteiger partial charge in [0.25, 0.3) is 0 Å². The van der Waals surface area contributed by atoms with Crippen molar-refractivity contribution >= 4 is 5.97 Å². The van der Waals surface area contributed by atoms with E-state index in [1.807, 2.05) is 38.1 Å². The van der Waals surface area contributed by atoms with Crippen molar-refractivity contribution in [2.24, 2.45) is 0 Å². The Bertz CT molecular complexity index is 421. The summed E-state index contributed by atoms with van der Waals surface area (Å²) in [6.45, 7) is 9.24. The fourth-order valence-electron chi connectivity index (χ4n) is 1.91. The molecule has 0 heterocycles. The van der Waals surface area contributed by atoms with Gasteiger partial charge in [0.15, 0.2) is 0 Å². The standard InChI is InChI=1S/C18H28O3/c1-5-7-13-20-16-11-9-15(10-12-16)18(3,4)17(19)21-14-8-6-2/h9-12H,5-8,13-14H2,1-4H3. The predicted molar refractivity (Wildman–Crippen MR) is 85.7 cm³/mol. The number of rotatable bonds is 9. The van der Waals surface area contributed by atoms with Crippen LogP contribution in [0, 0.1) is 0 Å². The van der Waals surface area contributed by atoms with E-state index < -0.39 is 5.41 Å². The molecule has 1 rings (SSSR count). The van der Waals surface area contributed by atoms with Gasteiger partial charge in [-0.1, -0.05) is 38.8 Å². The molecule has 0 unspecified atom stereocenters. The van der Waals surface area contributed by atoms with E-state index in [1.54, 1.807) is 0 Å². The zero-order chi connectivity index (χ0) is 15.7. The van der Waals surface area contributed by atoms with Crippen LogP contribution in [0.1, 0.15) is 58.9 Å². The number of hydrogen-bond donors (Lipinski definition) is 0. The number of carbonyl (C=O) groups excluding carboxylic acids is 1. The van der Waals surface area contributed by atoms with Gasteiger partial charge in [-0.3, -0.25) is 4.79 Å². The van der Waals surface area contributed by atoms with Gasteiger partial charge in [0.05, 0.1) is 18.6 Å². The third-order valence-electron chi connectivity index (χ3n) is 3.58. The fraction of sp³-hybridized carbons (Fsp3) is 0.611. The van der Waals surface area contributed by atoms with Crippen LogP contribution in [0.4, 0.5) is 0 Å². The second kappa shape index (κ2) is 8.71. The van der Waals surface area contributed by atoms with E-state index in [9.17, 15) is 4.79 Å². The summed E-state index contributed by atoms with van der Waals surface area (Å²) in [5.41, 5.74) is 0.322. The van der Waals surface area contributed by atoms with Crippen LogP contribution in [-0.4, -0.2) is 19.2 Å². The molecule has 0 aliphatic heterocycles. The molecule has 0 radical (unpaired) electrons. The Morgan fingerprint density at radius 1 is 1.00 bits per heavy atom. The average molecular weight is 292 g/mol. The lowest BCUT2D eigenvalue weighted by Gasteiger charge is -2.23. The second-order valence-electron chi connectivity index (χ2n) is 5.84. The summed E-state index contributed by atoms with van der Waals surface area (Å²) in [6.07, 6.45) is 4.11. The fourth-order valence-corrected chi connectivity index (χ4v) is 1.91. The van der Waals surface area contributed by atoms with Crippen LogP contribution in [0.5, 0.6) is 5.75 Å². The summed E-state index contributed by atoms with van der Waals surface area (Å²) in [5.74, 6) is 0.679. The van der Waals surface area contributed by atoms with E-state index in [4.69, 9.17) is 9.47 Å². The lowest BCUT2D eigenvalue weighted by atomic mass is 9.85. The molecular formula is C18H28O3. The largest absolute Gasteiger partial charge is 0.494 e. The normalized spacial score (nSPS) is 11.2. The number of carbonyl (C=O) groups is 1. The highest BCUT2D eigenvalue weighted by atomic mass is 16.5. The van der Waals surface area contributed by atoms with Gasteiger partial charge >= 0.3 is 5.97 Å². The van der Waals surface area contributed by atoms with Crippen molar-refractivity contribution in [1.29, 1.82) is 0 Å². The molecule has 3 nitrogen and oxygen atoms in total. The molecule has 3 heteroatoms. The first-order valence-corrected chi connectivity index (χ1v) is 7.93. The zero-order valence-electron chi connectivity index (χ0n) is 13.8. The summed E-state index contributed by atoms with van der Waals surface area (Å²) in [7, 11) is 0. The van der Waals surface area contributed by atoms with Gasteiger partial charge < -0.3 is 9.47 Å². The second-order valence-corrected chi connectivity index (χ2v) is 5.84. The van der Waals surface area contributed by atoms with Crippen LogP contribution in [0.15, 0.2) is 24.3 Å². The summed E-state index contributed by atoms with van der Waals surface area (Å²) in [4.78, 5) is 12.2. The van der Waals surface area contributed by atoms with E-state index in [0.29, 0.717) is 6.61 Å². The maximum atomic E-state index is 12.2. The van der Waals surface area contributed by atoms with E-state index in [1.165, 1.54) is 0 Å². The maximum Gasteiger partial charge on any atom is 0.315 e. The number of benzene rings is 1. The van der Waals surface area contributed by atoms with E-state index in [0.717, 1.165) is 43.6 Å². The number of unbranched alkanes of at least 4 members (excludes halogenated alkanes) is 2. The summed E-state index contributed by atoms with van der Waals surface area (Å²) >= 11 is 0. The Kier molecular flexibility index (Phi) is 7.27. The van der Waals surface area contributed by atoms with Gasteiger partial charge in [0.2, 0.25) is 0 Å². The summed E-state index contributed by atoms with van der Waals surface area (Å²) in [6, 6.07) is 7.74. The molecule has 0 N–H and O–H groups in total. The molecular weight excluding hydrogens is 264 g/mol. The number of ether oxygens (including phenoxy) is 2. The third kappa shape index (κ3) is 5.41. The highest BCUT2D eigenvalue weighted by molar-refractivity contribution is 5.82. The number of hydrogen-bond acceptors (Lipinski definition) is 3. The molecule has 0 aliphatic rings. The molecule has 1 aromatic carbocycles. The minimum absolute atomic E-state index is 0.171. The molecule has 0 amide bonds. The van der Waals surface area contributed by atoms with Crippen molar-refractivity contribution in [2.75, 3.05) is 13.2 Å². The molecule has 118 valence electrons. The minimum Gasteiger partial charge on any atom is -0.494 e. The van der Waals surface area contributed by atoms with Crippen molar-refractivity contribution < 1.29 is 14.3 Å². The first kappa shape index (κ1) is 17.5. The van der Waals surface area contributed by atoms with Gasteiger partial charge in [0.1, 0.15) is 5.75 Å². The SMILES string of the molecule is CCCCOC(=O)C(C)(C)c1ccc(OCCCC)cc1. The highest BCUT2D eigenvalue weighted by Crippen LogP contribution is 2.27. The third-order valence-corrected chi connectivity index (χ3v) is 3.58. The molecule has 0 fully saturated rings. The van der Waals surface area contributed by atoms with E-state index >= 15 is 0 Å². The Morgan fingerprint density at radius 2 is 1.57 bits per heavy atom. The molecule has 0 saturated carbocycles. The zero-order valence-corrected chi connectivity index (χ0v) is 13.8. The lowest BCUT2D eigenvalue weighted by Crippen LogP contribution is -2.31. The van der Waals surface area contributed by atoms with Crippen LogP contribution in [0.3, 0.4) is 0 Å². The van der Waals surface area contributed by atoms with Crippen molar-refractivity contribution in [3.63, 3.8) is 0 Å². The molecule has 0 aromatic heterocycles. The summed E-state index contributed by atoms with van der Waals surface area (Å²) < 4.78 is 11.0. The van der Waals surface area contributed by atoms with Gasteiger partial charge in [-0.15, -0.1) is 0 Å². The quantitative estimate of drug-likeness (QED) is 0.497. The van der Waals surface area contributed by atoms with Crippen LogP contribution in [0.25, 0.3) is 0 Å². The van der Waals surface area contributed by atoms with Crippen LogP contribution in [-0.2, 0) is 14.9 Å². The smallest absolute Gasteiger partial charge is 0.315 e. The first-order chi connectivity index (χ1) is 10.0. The van der Waals surface area contributed by atoms with Crippen LogP contribution < -0.4 is 4.74 Å². The van der Waals surface area contributed by atoms with E-state index in [2.05, 4.69) is 13.8 Å². The van der Waals surface area contributed by atoms with Crippen molar-refractivity contribution in [3.05, 3.63) is 29.8 Å². The molecule has 0 atom stereocenters. The first-order valence-electron chi connectivity index (χ1n) is 7.93. The Labute approximate surface area is 128 Å². The minimum atomic E-state index is -0.629. The van der Waals surface area contributed by atoms with Gasteiger partial charge in [-0.25, -0.2) is 0 Å². The van der Waals surface area contributed by atoms with Crippen molar-refractivity contribution in [3.8, 4) is 5.75 Å². The van der Waals surface area contributed by atoms with Gasteiger partial charge in [-0.05, 0) is 44.4 Å². The van der Waals surface area contributed by atoms with Crippen LogP contribution >= 0.6 is 0 Å². The monoisotopic (exact) mass is 292 g/mol. The van der Waals surface area contributed by atoms with Crippen LogP contribution in [0.2, 0.25) is 0 Å². The molecule has 21 heavy (non-hydrogen) atoms. The summed E-state index contributed by atoms with van der Waals surface area (Å²) in [5, 5.41) is 0. The van der Waals surface area contributed by atoms with Gasteiger partial charge in [0, 0.05) is 0 Å². The molecule has 0 aliphatic carbocycles. The number of esters is 1. The Hall–Kier alpha value is -1.51. The maximum absolute atomic E-state index is 12.2. The molecule has 0 spiro atoms. The van der Waals surface area contributed by atoms with E-state index in [-0.39, 0.29) is 5.97 Å². The molecule has 0 bridgehead atoms.